The molecular weight excluding hydrogens is 440 g/mol. The average Bonchev–Trinajstić information content (AvgIpc) is 3.30. The maximum absolute atomic E-state index is 13.2. The number of anilines is 1. The molecule has 8 heteroatoms. The summed E-state index contributed by atoms with van der Waals surface area (Å²) in [6, 6.07) is 21.9. The molecule has 1 aliphatic rings. The van der Waals surface area contributed by atoms with Gasteiger partial charge < -0.3 is 14.8 Å². The molecule has 1 aliphatic heterocycles. The largest absolute Gasteiger partial charge is 0.454 e. The van der Waals surface area contributed by atoms with Crippen molar-refractivity contribution in [1.29, 1.82) is 0 Å². The predicted octanol–water partition coefficient (Wildman–Crippen LogP) is 3.79. The van der Waals surface area contributed by atoms with E-state index in [9.17, 15) is 13.2 Å². The lowest BCUT2D eigenvalue weighted by molar-refractivity contribution is -0.120. The second-order valence-electron chi connectivity index (χ2n) is 7.77. The summed E-state index contributed by atoms with van der Waals surface area (Å²) in [5.74, 6) is 0.431. The van der Waals surface area contributed by atoms with E-state index in [1.54, 1.807) is 25.1 Å². The first kappa shape index (κ1) is 22.7. The van der Waals surface area contributed by atoms with Crippen molar-refractivity contribution in [2.45, 2.75) is 19.9 Å². The van der Waals surface area contributed by atoms with Crippen molar-refractivity contribution in [2.24, 2.45) is 0 Å². The molecule has 7 nitrogen and oxygen atoms in total. The first-order valence-corrected chi connectivity index (χ1v) is 12.3. The van der Waals surface area contributed by atoms with Gasteiger partial charge >= 0.3 is 0 Å². The van der Waals surface area contributed by atoms with Crippen molar-refractivity contribution < 1.29 is 22.7 Å². The van der Waals surface area contributed by atoms with Crippen molar-refractivity contribution in [3.63, 3.8) is 0 Å². The van der Waals surface area contributed by atoms with Crippen molar-refractivity contribution in [2.75, 3.05) is 23.4 Å². The quantitative estimate of drug-likeness (QED) is 0.546. The summed E-state index contributed by atoms with van der Waals surface area (Å²) >= 11 is 0. The minimum absolute atomic E-state index is 0.0785. The van der Waals surface area contributed by atoms with Crippen LogP contribution in [0.1, 0.15) is 29.7 Å². The normalized spacial score (nSPS) is 13.4. The summed E-state index contributed by atoms with van der Waals surface area (Å²) in [6.07, 6.45) is 0. The van der Waals surface area contributed by atoms with E-state index in [1.165, 1.54) is 0 Å². The van der Waals surface area contributed by atoms with E-state index in [0.717, 1.165) is 21.0 Å². The molecule has 1 amide bonds. The molecule has 0 fully saturated rings. The van der Waals surface area contributed by atoms with E-state index >= 15 is 0 Å². The summed E-state index contributed by atoms with van der Waals surface area (Å²) < 4.78 is 37.6. The summed E-state index contributed by atoms with van der Waals surface area (Å²) in [5, 5.41) is 3.02. The molecule has 0 spiro atoms. The standard InChI is InChI=1S/C25H26N2O5S/c1-3-33(29,30)27(21-13-14-22-23(15-21)32-17-31-22)16-24(28)26-25(19-7-5-4-6-8-19)20-11-9-18(2)10-12-20/h4-15,25H,3,16-17H2,1-2H3,(H,26,28)/t25-/m0/s1. The van der Waals surface area contributed by atoms with Crippen LogP contribution < -0.4 is 19.1 Å². The van der Waals surface area contributed by atoms with Crippen LogP contribution in [0.3, 0.4) is 0 Å². The molecule has 1 N–H and O–H groups in total. The number of benzene rings is 3. The molecule has 3 aromatic carbocycles. The molecule has 0 radical (unpaired) electrons. The number of fused-ring (bicyclic) bond motifs is 1. The monoisotopic (exact) mass is 466 g/mol. The fourth-order valence-electron chi connectivity index (χ4n) is 3.65. The summed E-state index contributed by atoms with van der Waals surface area (Å²) in [4.78, 5) is 13.2. The first-order valence-electron chi connectivity index (χ1n) is 10.7. The van der Waals surface area contributed by atoms with Gasteiger partial charge in [0, 0.05) is 6.07 Å². The average molecular weight is 467 g/mol. The lowest BCUT2D eigenvalue weighted by Gasteiger charge is -2.26. The van der Waals surface area contributed by atoms with Crippen LogP contribution in [0, 0.1) is 6.92 Å². The molecule has 3 aromatic rings. The van der Waals surface area contributed by atoms with Gasteiger partial charge in [-0.3, -0.25) is 9.10 Å². The Labute approximate surface area is 194 Å². The van der Waals surface area contributed by atoms with Crippen LogP contribution in [0.5, 0.6) is 11.5 Å². The highest BCUT2D eigenvalue weighted by atomic mass is 32.2. The van der Waals surface area contributed by atoms with Gasteiger partial charge in [0.05, 0.1) is 17.5 Å². The molecule has 33 heavy (non-hydrogen) atoms. The van der Waals surface area contributed by atoms with E-state index in [2.05, 4.69) is 5.32 Å². The third-order valence-corrected chi connectivity index (χ3v) is 7.22. The Hall–Kier alpha value is -3.52. The number of carbonyl (C=O) groups excluding carboxylic acids is 1. The van der Waals surface area contributed by atoms with Crippen molar-refractivity contribution >= 4 is 21.6 Å². The molecule has 1 heterocycles. The highest BCUT2D eigenvalue weighted by Crippen LogP contribution is 2.36. The zero-order valence-electron chi connectivity index (χ0n) is 18.5. The second-order valence-corrected chi connectivity index (χ2v) is 9.95. The highest BCUT2D eigenvalue weighted by Gasteiger charge is 2.27. The zero-order valence-corrected chi connectivity index (χ0v) is 19.3. The number of hydrogen-bond donors (Lipinski definition) is 1. The van der Waals surface area contributed by atoms with Crippen LogP contribution in [0.2, 0.25) is 0 Å². The highest BCUT2D eigenvalue weighted by molar-refractivity contribution is 7.92. The van der Waals surface area contributed by atoms with Gasteiger partial charge in [-0.15, -0.1) is 0 Å². The van der Waals surface area contributed by atoms with E-state index in [-0.39, 0.29) is 19.1 Å². The zero-order chi connectivity index (χ0) is 23.4. The smallest absolute Gasteiger partial charge is 0.241 e. The minimum Gasteiger partial charge on any atom is -0.454 e. The number of rotatable bonds is 8. The Morgan fingerprint density at radius 3 is 2.33 bits per heavy atom. The van der Waals surface area contributed by atoms with Crippen LogP contribution in [-0.4, -0.2) is 33.4 Å². The molecule has 0 saturated heterocycles. The molecule has 1 atom stereocenters. The maximum atomic E-state index is 13.2. The van der Waals surface area contributed by atoms with Crippen LogP contribution in [0.15, 0.2) is 72.8 Å². The Morgan fingerprint density at radius 2 is 1.64 bits per heavy atom. The topological polar surface area (TPSA) is 84.9 Å². The molecule has 0 bridgehead atoms. The number of hydrogen-bond acceptors (Lipinski definition) is 5. The van der Waals surface area contributed by atoms with Gasteiger partial charge in [-0.2, -0.15) is 0 Å². The first-order chi connectivity index (χ1) is 15.9. The van der Waals surface area contributed by atoms with Gasteiger partial charge in [-0.25, -0.2) is 8.42 Å². The molecule has 0 aliphatic carbocycles. The van der Waals surface area contributed by atoms with Crippen molar-refractivity contribution in [1.82, 2.24) is 5.32 Å². The molecule has 0 aromatic heterocycles. The van der Waals surface area contributed by atoms with Gasteiger partial charge in [0.25, 0.3) is 0 Å². The number of carbonyl (C=O) groups is 1. The summed E-state index contributed by atoms with van der Waals surface area (Å²) in [7, 11) is -3.72. The summed E-state index contributed by atoms with van der Waals surface area (Å²) in [5.41, 5.74) is 3.28. The van der Waals surface area contributed by atoms with E-state index < -0.39 is 22.0 Å². The number of nitrogens with zero attached hydrogens (tertiary/aromatic N) is 1. The number of sulfonamides is 1. The van der Waals surface area contributed by atoms with E-state index in [0.29, 0.717) is 17.2 Å². The maximum Gasteiger partial charge on any atom is 0.241 e. The molecule has 4 rings (SSSR count). The molecule has 172 valence electrons. The molecule has 0 unspecified atom stereocenters. The number of nitrogens with one attached hydrogen (secondary N) is 1. The number of ether oxygens (including phenoxy) is 2. The SMILES string of the molecule is CCS(=O)(=O)N(CC(=O)N[C@@H](c1ccccc1)c1ccc(C)cc1)c1ccc2c(c1)OCO2. The third-order valence-electron chi connectivity index (χ3n) is 5.48. The van der Waals surface area contributed by atoms with Crippen LogP contribution >= 0.6 is 0 Å². The number of amides is 1. The van der Waals surface area contributed by atoms with Crippen LogP contribution in [0.25, 0.3) is 0 Å². The predicted molar refractivity (Wildman–Crippen MR) is 127 cm³/mol. The summed E-state index contributed by atoms with van der Waals surface area (Å²) in [6.45, 7) is 3.27. The Bertz CT molecular complexity index is 1230. The lowest BCUT2D eigenvalue weighted by Crippen LogP contribution is -2.42. The van der Waals surface area contributed by atoms with E-state index in [1.807, 2.05) is 61.5 Å². The van der Waals surface area contributed by atoms with Gasteiger partial charge in [-0.05, 0) is 37.1 Å². The van der Waals surface area contributed by atoms with E-state index in [4.69, 9.17) is 9.47 Å². The molecular formula is C25H26N2O5S. The Balaban J connectivity index is 1.62. The van der Waals surface area contributed by atoms with Crippen LogP contribution in [0.4, 0.5) is 5.69 Å². The number of aryl methyl sites for hydroxylation is 1. The van der Waals surface area contributed by atoms with Crippen LogP contribution in [-0.2, 0) is 14.8 Å². The fraction of sp³-hybridized carbons (Fsp3) is 0.240. The van der Waals surface area contributed by atoms with Crippen molar-refractivity contribution in [3.8, 4) is 11.5 Å². The fourth-order valence-corrected chi connectivity index (χ4v) is 4.71. The van der Waals surface area contributed by atoms with Gasteiger partial charge in [0.15, 0.2) is 11.5 Å². The molecule has 0 saturated carbocycles. The third kappa shape index (κ3) is 5.12. The van der Waals surface area contributed by atoms with Crippen molar-refractivity contribution in [3.05, 3.63) is 89.5 Å². The Morgan fingerprint density at radius 1 is 0.970 bits per heavy atom. The van der Waals surface area contributed by atoms with Gasteiger partial charge in [-0.1, -0.05) is 60.2 Å². The lowest BCUT2D eigenvalue weighted by atomic mass is 9.98. The second kappa shape index (κ2) is 9.54. The minimum atomic E-state index is -3.72. The van der Waals surface area contributed by atoms with Gasteiger partial charge in [0.1, 0.15) is 6.54 Å². The Kier molecular flexibility index (Phi) is 6.55. The van der Waals surface area contributed by atoms with Gasteiger partial charge in [0.2, 0.25) is 22.7 Å².